The van der Waals surface area contributed by atoms with Crippen molar-refractivity contribution in [3.8, 4) is 0 Å². The number of methoxy groups -OCH3 is 1. The summed E-state index contributed by atoms with van der Waals surface area (Å²) in [5, 5.41) is 24.8. The summed E-state index contributed by atoms with van der Waals surface area (Å²) < 4.78 is 23.6. The number of Topliss-reactive ketones (excluding diaryl/α,β-unsaturated/α-hetero) is 2. The van der Waals surface area contributed by atoms with Crippen molar-refractivity contribution in [3.05, 3.63) is 23.8 Å². The van der Waals surface area contributed by atoms with Crippen molar-refractivity contribution in [2.24, 2.45) is 34.5 Å². The van der Waals surface area contributed by atoms with Crippen LogP contribution in [0.4, 0.5) is 0 Å². The summed E-state index contributed by atoms with van der Waals surface area (Å²) in [5.74, 6) is -8.45. The highest BCUT2D eigenvalue weighted by Crippen LogP contribution is 2.73. The first-order valence-electron chi connectivity index (χ1n) is 13.7. The molecule has 4 aliphatic heterocycles. The maximum atomic E-state index is 14.7. The van der Waals surface area contributed by atoms with Gasteiger partial charge in [-0.25, -0.2) is 4.79 Å². The Bertz CT molecular complexity index is 1320. The Hall–Kier alpha value is -2.40. The monoisotopic (exact) mass is 542 g/mol. The fourth-order valence-corrected chi connectivity index (χ4v) is 9.49. The fourth-order valence-electron chi connectivity index (χ4n) is 9.49. The number of carbonyl (C=O) groups is 4. The number of esters is 2. The zero-order chi connectivity index (χ0) is 28.1. The third-order valence-corrected chi connectivity index (χ3v) is 12.0. The minimum atomic E-state index is -2.48. The molecule has 2 N–H and O–H groups in total. The van der Waals surface area contributed by atoms with Crippen LogP contribution in [-0.2, 0) is 38.1 Å². The third-order valence-electron chi connectivity index (χ3n) is 12.0. The molecule has 1 saturated carbocycles. The maximum absolute atomic E-state index is 14.7. The standard InChI is InChI=1S/C29H34O10/c1-13-22(32)37-19-12-24(13,2)20-21(31)28(35)17-7-6-14-10-15(36-5)11-18(30)25(14,3)16(17)8-9-27(34)23(33)38-26(19,4)29(20,27)39-28/h6-7,10,13,15-17,19-20,34-35H,8-9,11-12H2,1-5H3/t13-,15-,16+,17-,19-,20+,24-,25+,26+,27+,28-,29+/m1/s1. The molecule has 210 valence electrons. The van der Waals surface area contributed by atoms with Crippen LogP contribution in [0.25, 0.3) is 0 Å². The molecule has 10 heteroatoms. The van der Waals surface area contributed by atoms with Crippen LogP contribution in [0.1, 0.15) is 53.4 Å². The average Bonchev–Trinajstić information content (AvgIpc) is 3.23. The summed E-state index contributed by atoms with van der Waals surface area (Å²) >= 11 is 0. The van der Waals surface area contributed by atoms with Gasteiger partial charge in [0, 0.05) is 19.4 Å². The summed E-state index contributed by atoms with van der Waals surface area (Å²) in [4.78, 5) is 55.0. The zero-order valence-corrected chi connectivity index (χ0v) is 22.7. The van der Waals surface area contributed by atoms with Crippen molar-refractivity contribution in [2.75, 3.05) is 7.11 Å². The quantitative estimate of drug-likeness (QED) is 0.463. The topological polar surface area (TPSA) is 146 Å². The van der Waals surface area contributed by atoms with E-state index in [-0.39, 0.29) is 31.5 Å². The van der Waals surface area contributed by atoms with Crippen molar-refractivity contribution in [1.82, 2.24) is 0 Å². The van der Waals surface area contributed by atoms with Gasteiger partial charge in [-0.3, -0.25) is 14.4 Å². The first kappa shape index (κ1) is 25.6. The molecule has 10 nitrogen and oxygen atoms in total. The van der Waals surface area contributed by atoms with E-state index in [0.29, 0.717) is 5.57 Å². The molecule has 4 heterocycles. The number of fused-ring (bicyclic) bond motifs is 9. The number of rotatable bonds is 1. The van der Waals surface area contributed by atoms with Gasteiger partial charge in [0.15, 0.2) is 22.6 Å². The van der Waals surface area contributed by atoms with Crippen molar-refractivity contribution in [2.45, 2.75) is 88.2 Å². The van der Waals surface area contributed by atoms with E-state index >= 15 is 0 Å². The normalized spacial score (nSPS) is 56.9. The van der Waals surface area contributed by atoms with Crippen molar-refractivity contribution < 1.29 is 48.3 Å². The smallest absolute Gasteiger partial charge is 0.342 e. The number of allylic oxidation sites excluding steroid dienone is 2. The third kappa shape index (κ3) is 2.43. The summed E-state index contributed by atoms with van der Waals surface area (Å²) in [5.41, 5.74) is -7.54. The lowest BCUT2D eigenvalue weighted by Gasteiger charge is -2.61. The lowest BCUT2D eigenvalue weighted by atomic mass is 9.46. The van der Waals surface area contributed by atoms with Gasteiger partial charge in [-0.2, -0.15) is 0 Å². The van der Waals surface area contributed by atoms with Crippen LogP contribution in [0.5, 0.6) is 0 Å². The van der Waals surface area contributed by atoms with E-state index in [0.717, 1.165) is 0 Å². The summed E-state index contributed by atoms with van der Waals surface area (Å²) in [6.45, 7) is 6.72. The average molecular weight is 543 g/mol. The highest BCUT2D eigenvalue weighted by Gasteiger charge is 2.91. The summed E-state index contributed by atoms with van der Waals surface area (Å²) in [6.07, 6.45) is 4.24. The Morgan fingerprint density at radius 3 is 2.51 bits per heavy atom. The van der Waals surface area contributed by atoms with Crippen molar-refractivity contribution in [1.29, 1.82) is 0 Å². The number of ether oxygens (including phenoxy) is 4. The maximum Gasteiger partial charge on any atom is 0.342 e. The van der Waals surface area contributed by atoms with Crippen LogP contribution in [-0.4, -0.2) is 75.6 Å². The Morgan fingerprint density at radius 1 is 1.10 bits per heavy atom. The molecular formula is C29H34O10. The second-order valence-electron chi connectivity index (χ2n) is 13.3. The van der Waals surface area contributed by atoms with Crippen LogP contribution in [0.15, 0.2) is 23.8 Å². The Kier molecular flexibility index (Phi) is 4.64. The van der Waals surface area contributed by atoms with Crippen LogP contribution in [0.3, 0.4) is 0 Å². The van der Waals surface area contributed by atoms with Gasteiger partial charge in [-0.15, -0.1) is 0 Å². The second kappa shape index (κ2) is 7.08. The lowest BCUT2D eigenvalue weighted by Crippen LogP contribution is -2.78. The Morgan fingerprint density at radius 2 is 1.82 bits per heavy atom. The van der Waals surface area contributed by atoms with Gasteiger partial charge < -0.3 is 29.2 Å². The molecule has 0 amide bonds. The second-order valence-corrected chi connectivity index (χ2v) is 13.3. The van der Waals surface area contributed by atoms with E-state index < -0.39 is 87.0 Å². The predicted octanol–water partition coefficient (Wildman–Crippen LogP) is 1.16. The predicted molar refractivity (Wildman–Crippen MR) is 130 cm³/mol. The first-order valence-corrected chi connectivity index (χ1v) is 13.7. The Labute approximate surface area is 225 Å². The van der Waals surface area contributed by atoms with Gasteiger partial charge in [-0.1, -0.05) is 32.1 Å². The van der Waals surface area contributed by atoms with E-state index in [9.17, 15) is 29.4 Å². The number of hydrogen-bond donors (Lipinski definition) is 2. The molecule has 7 rings (SSSR count). The molecule has 4 saturated heterocycles. The number of hydrogen-bond acceptors (Lipinski definition) is 10. The summed E-state index contributed by atoms with van der Waals surface area (Å²) in [7, 11) is 1.53. The van der Waals surface area contributed by atoms with Gasteiger partial charge in [0.05, 0.1) is 23.4 Å². The Balaban J connectivity index is 1.48. The van der Waals surface area contributed by atoms with Gasteiger partial charge in [0.25, 0.3) is 0 Å². The van der Waals surface area contributed by atoms with E-state index in [4.69, 9.17) is 18.9 Å². The molecule has 0 radical (unpaired) electrons. The molecule has 0 aromatic carbocycles. The molecule has 12 atom stereocenters. The first-order chi connectivity index (χ1) is 18.1. The molecule has 3 aliphatic carbocycles. The van der Waals surface area contributed by atoms with Crippen LogP contribution in [0.2, 0.25) is 0 Å². The van der Waals surface area contributed by atoms with Crippen molar-refractivity contribution in [3.63, 3.8) is 0 Å². The molecule has 1 spiro atoms. The molecule has 0 unspecified atom stereocenters. The van der Waals surface area contributed by atoms with Crippen LogP contribution >= 0.6 is 0 Å². The van der Waals surface area contributed by atoms with Gasteiger partial charge in [0.1, 0.15) is 11.9 Å². The number of aliphatic hydroxyl groups is 2. The molecule has 4 bridgehead atoms. The van der Waals surface area contributed by atoms with Gasteiger partial charge in [0.2, 0.25) is 5.79 Å². The molecule has 0 aromatic heterocycles. The highest BCUT2D eigenvalue weighted by molar-refractivity contribution is 5.99. The van der Waals surface area contributed by atoms with E-state index in [2.05, 4.69) is 0 Å². The van der Waals surface area contributed by atoms with Crippen LogP contribution in [0, 0.1) is 34.5 Å². The lowest BCUT2D eigenvalue weighted by molar-refractivity contribution is -0.343. The molecule has 39 heavy (non-hydrogen) atoms. The van der Waals surface area contributed by atoms with Gasteiger partial charge in [-0.05, 0) is 50.0 Å². The summed E-state index contributed by atoms with van der Waals surface area (Å²) in [6, 6.07) is 0. The fraction of sp³-hybridized carbons (Fsp3) is 0.724. The minimum Gasteiger partial charge on any atom is -0.458 e. The van der Waals surface area contributed by atoms with Crippen molar-refractivity contribution >= 4 is 23.5 Å². The molecule has 7 aliphatic rings. The minimum absolute atomic E-state index is 0.116. The highest BCUT2D eigenvalue weighted by atomic mass is 16.7. The number of ketones is 2. The van der Waals surface area contributed by atoms with E-state index in [1.165, 1.54) is 14.0 Å². The molecule has 5 fully saturated rings. The van der Waals surface area contributed by atoms with Gasteiger partial charge >= 0.3 is 11.9 Å². The molecular weight excluding hydrogens is 508 g/mol. The largest absolute Gasteiger partial charge is 0.458 e. The van der Waals surface area contributed by atoms with E-state index in [1.807, 2.05) is 6.08 Å². The number of carbonyl (C=O) groups excluding carboxylic acids is 4. The zero-order valence-electron chi connectivity index (χ0n) is 22.7. The van der Waals surface area contributed by atoms with E-state index in [1.54, 1.807) is 32.9 Å². The van der Waals surface area contributed by atoms with Crippen LogP contribution < -0.4 is 0 Å². The SMILES string of the molecule is CO[C@@H]1C=C2C=C[C@@H]3[C@H](CC[C@]4(O)C(=O)O[C@@]5(C)[C@H]6C[C@](C)([C@H](C)C(=O)O6)[C@@H]6C(=O)[C@]3(O)O[C@@]654)[C@@]2(C)C(=O)C1. The molecule has 0 aromatic rings.